The number of nitrogens with zero attached hydrogens (tertiary/aromatic N) is 2. The number of aryl methyl sites for hydroxylation is 1. The van der Waals surface area contributed by atoms with Gasteiger partial charge in [0, 0.05) is 18.0 Å². The molecule has 2 heterocycles. The quantitative estimate of drug-likeness (QED) is 0.599. The van der Waals surface area contributed by atoms with Crippen molar-refractivity contribution in [3.05, 3.63) is 60.6 Å². The maximum absolute atomic E-state index is 4.62. The van der Waals surface area contributed by atoms with Crippen molar-refractivity contribution >= 4 is 5.52 Å². The minimum atomic E-state index is 1.03. The third-order valence-electron chi connectivity index (χ3n) is 2.68. The van der Waals surface area contributed by atoms with E-state index < -0.39 is 0 Å². The van der Waals surface area contributed by atoms with Gasteiger partial charge in [0.2, 0.25) is 0 Å². The van der Waals surface area contributed by atoms with Crippen molar-refractivity contribution in [3.63, 3.8) is 0 Å². The van der Waals surface area contributed by atoms with Gasteiger partial charge in [-0.1, -0.05) is 30.3 Å². The zero-order valence-corrected chi connectivity index (χ0v) is 9.09. The Hall–Kier alpha value is -2.09. The fraction of sp³-hybridized carbons (Fsp3) is 0.0714. The van der Waals surface area contributed by atoms with Crippen LogP contribution < -0.4 is 0 Å². The van der Waals surface area contributed by atoms with Crippen molar-refractivity contribution in [3.8, 4) is 11.3 Å². The number of rotatable bonds is 1. The number of fused-ring (bicyclic) bond motifs is 1. The second-order valence-corrected chi connectivity index (χ2v) is 3.90. The molecule has 78 valence electrons. The van der Waals surface area contributed by atoms with Crippen LogP contribution in [0.4, 0.5) is 0 Å². The molecular weight excluding hydrogens is 196 g/mol. The lowest BCUT2D eigenvalue weighted by molar-refractivity contribution is 1.08. The first-order valence-electron chi connectivity index (χ1n) is 5.34. The molecular formula is C14H12N2. The number of aromatic nitrogens is 2. The lowest BCUT2D eigenvalue weighted by Crippen LogP contribution is -1.93. The minimum Gasteiger partial charge on any atom is -0.320 e. The Morgan fingerprint density at radius 3 is 2.62 bits per heavy atom. The molecule has 0 spiro atoms. The van der Waals surface area contributed by atoms with Gasteiger partial charge in [-0.2, -0.15) is 0 Å². The summed E-state index contributed by atoms with van der Waals surface area (Å²) in [5.74, 6) is 0. The van der Waals surface area contributed by atoms with Gasteiger partial charge in [-0.3, -0.25) is 0 Å². The van der Waals surface area contributed by atoms with Crippen LogP contribution in [0.15, 0.2) is 54.9 Å². The van der Waals surface area contributed by atoms with E-state index >= 15 is 0 Å². The Balaban J connectivity index is 2.34. The molecule has 3 aromatic rings. The summed E-state index contributed by atoms with van der Waals surface area (Å²) in [6.07, 6.45) is 4.10. The van der Waals surface area contributed by atoms with Gasteiger partial charge in [0.25, 0.3) is 0 Å². The van der Waals surface area contributed by atoms with E-state index in [4.69, 9.17) is 0 Å². The van der Waals surface area contributed by atoms with E-state index in [1.807, 2.05) is 37.4 Å². The van der Waals surface area contributed by atoms with Crippen LogP contribution in [0.3, 0.4) is 0 Å². The highest BCUT2D eigenvalue weighted by molar-refractivity contribution is 5.76. The molecule has 2 aromatic heterocycles. The molecule has 0 unspecified atom stereocenters. The predicted molar refractivity (Wildman–Crippen MR) is 65.4 cm³/mol. The highest BCUT2D eigenvalue weighted by atomic mass is 14.9. The van der Waals surface area contributed by atoms with Gasteiger partial charge < -0.3 is 4.40 Å². The van der Waals surface area contributed by atoms with Gasteiger partial charge in [0.15, 0.2) is 0 Å². The summed E-state index contributed by atoms with van der Waals surface area (Å²) in [5.41, 5.74) is 4.39. The summed E-state index contributed by atoms with van der Waals surface area (Å²) in [5, 5.41) is 0. The maximum atomic E-state index is 4.62. The molecule has 3 rings (SSSR count). The van der Waals surface area contributed by atoms with Gasteiger partial charge >= 0.3 is 0 Å². The molecule has 0 atom stereocenters. The summed E-state index contributed by atoms with van der Waals surface area (Å²) >= 11 is 0. The molecule has 0 N–H and O–H groups in total. The first kappa shape index (κ1) is 9.16. The molecule has 0 aliphatic carbocycles. The average molecular weight is 208 g/mol. The first-order valence-corrected chi connectivity index (χ1v) is 5.34. The molecule has 0 radical (unpaired) electrons. The predicted octanol–water partition coefficient (Wildman–Crippen LogP) is 3.31. The Morgan fingerprint density at radius 2 is 1.81 bits per heavy atom. The molecule has 0 aliphatic rings. The van der Waals surface area contributed by atoms with Crippen LogP contribution in [0.25, 0.3) is 16.8 Å². The van der Waals surface area contributed by atoms with Gasteiger partial charge in [0.05, 0.1) is 16.9 Å². The highest BCUT2D eigenvalue weighted by Gasteiger charge is 2.05. The van der Waals surface area contributed by atoms with Crippen LogP contribution in [0.2, 0.25) is 0 Å². The van der Waals surface area contributed by atoms with E-state index in [0.717, 1.165) is 22.5 Å². The lowest BCUT2D eigenvalue weighted by atomic mass is 10.1. The molecule has 0 amide bonds. The molecule has 0 fully saturated rings. The van der Waals surface area contributed by atoms with Crippen molar-refractivity contribution in [1.29, 1.82) is 0 Å². The summed E-state index contributed by atoms with van der Waals surface area (Å²) in [7, 11) is 0. The monoisotopic (exact) mass is 208 g/mol. The van der Waals surface area contributed by atoms with Crippen LogP contribution >= 0.6 is 0 Å². The largest absolute Gasteiger partial charge is 0.320 e. The van der Waals surface area contributed by atoms with Crippen LogP contribution in [0.5, 0.6) is 0 Å². The van der Waals surface area contributed by atoms with Gasteiger partial charge in [0.1, 0.15) is 0 Å². The average Bonchev–Trinajstić information content (AvgIpc) is 2.77. The van der Waals surface area contributed by atoms with Crippen LogP contribution in [0.1, 0.15) is 5.69 Å². The number of hydrogen-bond acceptors (Lipinski definition) is 1. The number of hydrogen-bond donors (Lipinski definition) is 0. The topological polar surface area (TPSA) is 17.3 Å². The van der Waals surface area contributed by atoms with Crippen molar-refractivity contribution < 1.29 is 0 Å². The molecule has 0 aliphatic heterocycles. The third-order valence-corrected chi connectivity index (χ3v) is 2.68. The lowest BCUT2D eigenvalue weighted by Gasteiger charge is -2.05. The maximum Gasteiger partial charge on any atom is 0.0945 e. The second kappa shape index (κ2) is 3.49. The molecule has 2 heteroatoms. The fourth-order valence-corrected chi connectivity index (χ4v) is 1.98. The van der Waals surface area contributed by atoms with Crippen LogP contribution in [-0.2, 0) is 0 Å². The molecule has 2 nitrogen and oxygen atoms in total. The van der Waals surface area contributed by atoms with E-state index in [0.29, 0.717) is 0 Å². The molecule has 0 saturated heterocycles. The van der Waals surface area contributed by atoms with Crippen molar-refractivity contribution in [2.24, 2.45) is 0 Å². The second-order valence-electron chi connectivity index (χ2n) is 3.90. The third kappa shape index (κ3) is 1.39. The summed E-state index contributed by atoms with van der Waals surface area (Å²) in [6, 6.07) is 14.4. The van der Waals surface area contributed by atoms with Crippen molar-refractivity contribution in [2.45, 2.75) is 6.92 Å². The standard InChI is InChI=1S/C14H12N2/c1-11-10-16-9-5-8-13(16)14(15-11)12-6-3-2-4-7-12/h2-10H,1H3. The van der Waals surface area contributed by atoms with E-state index in [2.05, 4.69) is 33.8 Å². The van der Waals surface area contributed by atoms with E-state index in [-0.39, 0.29) is 0 Å². The zero-order chi connectivity index (χ0) is 11.0. The number of benzene rings is 1. The van der Waals surface area contributed by atoms with Crippen molar-refractivity contribution in [2.75, 3.05) is 0 Å². The van der Waals surface area contributed by atoms with Gasteiger partial charge in [-0.25, -0.2) is 4.98 Å². The van der Waals surface area contributed by atoms with Gasteiger partial charge in [-0.15, -0.1) is 0 Å². The Bertz CT molecular complexity index is 624. The Labute approximate surface area is 94.2 Å². The fourth-order valence-electron chi connectivity index (χ4n) is 1.98. The van der Waals surface area contributed by atoms with E-state index in [1.54, 1.807) is 0 Å². The summed E-state index contributed by atoms with van der Waals surface area (Å²) < 4.78 is 2.12. The first-order chi connectivity index (χ1) is 7.84. The van der Waals surface area contributed by atoms with Crippen LogP contribution in [-0.4, -0.2) is 9.38 Å². The Morgan fingerprint density at radius 1 is 1.00 bits per heavy atom. The van der Waals surface area contributed by atoms with Gasteiger partial charge in [-0.05, 0) is 19.1 Å². The molecule has 0 bridgehead atoms. The summed E-state index contributed by atoms with van der Waals surface area (Å²) in [4.78, 5) is 4.62. The highest BCUT2D eigenvalue weighted by Crippen LogP contribution is 2.22. The van der Waals surface area contributed by atoms with Crippen LogP contribution in [0, 0.1) is 6.92 Å². The molecule has 16 heavy (non-hydrogen) atoms. The normalized spacial score (nSPS) is 10.8. The molecule has 1 aromatic carbocycles. The van der Waals surface area contributed by atoms with E-state index in [1.165, 1.54) is 0 Å². The smallest absolute Gasteiger partial charge is 0.0945 e. The molecule has 0 saturated carbocycles. The SMILES string of the molecule is Cc1cn2cccc2c(-c2ccccc2)n1. The summed E-state index contributed by atoms with van der Waals surface area (Å²) in [6.45, 7) is 2.02. The van der Waals surface area contributed by atoms with Crippen molar-refractivity contribution in [1.82, 2.24) is 9.38 Å². The van der Waals surface area contributed by atoms with E-state index in [9.17, 15) is 0 Å². The minimum absolute atomic E-state index is 1.03. The zero-order valence-electron chi connectivity index (χ0n) is 9.09. The Kier molecular flexibility index (Phi) is 2.00.